The van der Waals surface area contributed by atoms with E-state index in [2.05, 4.69) is 4.99 Å². The SMILES string of the molecule is Cc1ccc(S(=O)(=O)C(N)(C(=O)O)C(CCN=C(N)N)C(=O)OC(C)(C)C)cc1. The smallest absolute Gasteiger partial charge is 0.340 e. The Hall–Kier alpha value is -2.66. The fourth-order valence-electron chi connectivity index (χ4n) is 2.57. The van der Waals surface area contributed by atoms with Crippen molar-refractivity contribution in [2.24, 2.45) is 28.1 Å². The maximum atomic E-state index is 13.2. The monoisotopic (exact) mass is 428 g/mol. The first-order chi connectivity index (χ1) is 13.1. The Kier molecular flexibility index (Phi) is 7.38. The van der Waals surface area contributed by atoms with Crippen molar-refractivity contribution in [3.05, 3.63) is 29.8 Å². The van der Waals surface area contributed by atoms with E-state index in [9.17, 15) is 23.1 Å². The maximum Gasteiger partial charge on any atom is 0.340 e. The van der Waals surface area contributed by atoms with Gasteiger partial charge in [-0.3, -0.25) is 9.79 Å². The second-order valence-corrected chi connectivity index (χ2v) is 9.75. The lowest BCUT2D eigenvalue weighted by Gasteiger charge is -2.33. The molecule has 29 heavy (non-hydrogen) atoms. The topological polar surface area (TPSA) is 188 Å². The molecule has 0 fully saturated rings. The minimum atomic E-state index is -4.70. The second kappa shape index (κ2) is 8.78. The number of aliphatic imine (C=N–C) groups is 1. The zero-order valence-electron chi connectivity index (χ0n) is 16.9. The van der Waals surface area contributed by atoms with Crippen molar-refractivity contribution in [1.82, 2.24) is 0 Å². The van der Waals surface area contributed by atoms with Gasteiger partial charge in [-0.15, -0.1) is 0 Å². The number of nitrogens with zero attached hydrogens (tertiary/aromatic N) is 1. The summed E-state index contributed by atoms with van der Waals surface area (Å²) in [5.41, 5.74) is 16.3. The summed E-state index contributed by atoms with van der Waals surface area (Å²) in [6, 6.07) is 5.46. The third-order valence-corrected chi connectivity index (χ3v) is 6.27. The van der Waals surface area contributed by atoms with Crippen LogP contribution in [0, 0.1) is 12.8 Å². The number of carbonyl (C=O) groups excluding carboxylic acids is 1. The fraction of sp³-hybridized carbons (Fsp3) is 0.500. The van der Waals surface area contributed by atoms with E-state index in [1.54, 1.807) is 27.7 Å². The number of aryl methyl sites for hydroxylation is 1. The molecule has 0 heterocycles. The van der Waals surface area contributed by atoms with Crippen LogP contribution in [0.15, 0.2) is 34.2 Å². The van der Waals surface area contributed by atoms with Crippen molar-refractivity contribution in [2.45, 2.75) is 49.5 Å². The second-order valence-electron chi connectivity index (χ2n) is 7.60. The summed E-state index contributed by atoms with van der Waals surface area (Å²) in [6.07, 6.45) is -0.360. The largest absolute Gasteiger partial charge is 0.479 e. The molecule has 0 spiro atoms. The molecule has 2 atom stereocenters. The van der Waals surface area contributed by atoms with Crippen molar-refractivity contribution in [3.63, 3.8) is 0 Å². The third kappa shape index (κ3) is 5.67. The minimum absolute atomic E-state index is 0.220. The number of hydrogen-bond acceptors (Lipinski definition) is 7. The number of benzene rings is 1. The predicted molar refractivity (Wildman–Crippen MR) is 108 cm³/mol. The highest BCUT2D eigenvalue weighted by Crippen LogP contribution is 2.33. The number of rotatable bonds is 8. The first-order valence-corrected chi connectivity index (χ1v) is 10.2. The van der Waals surface area contributed by atoms with Crippen molar-refractivity contribution in [2.75, 3.05) is 6.54 Å². The first kappa shape index (κ1) is 24.4. The highest BCUT2D eigenvalue weighted by molar-refractivity contribution is 7.93. The van der Waals surface area contributed by atoms with Crippen molar-refractivity contribution >= 4 is 27.7 Å². The van der Waals surface area contributed by atoms with Gasteiger partial charge in [-0.25, -0.2) is 13.2 Å². The summed E-state index contributed by atoms with van der Waals surface area (Å²) in [5.74, 6) is -5.04. The van der Waals surface area contributed by atoms with Crippen LogP contribution < -0.4 is 17.2 Å². The molecule has 7 N–H and O–H groups in total. The van der Waals surface area contributed by atoms with Gasteiger partial charge in [-0.1, -0.05) is 17.7 Å². The van der Waals surface area contributed by atoms with Gasteiger partial charge in [0.05, 0.1) is 4.90 Å². The van der Waals surface area contributed by atoms with Crippen molar-refractivity contribution in [3.8, 4) is 0 Å². The van der Waals surface area contributed by atoms with Crippen LogP contribution in [0.1, 0.15) is 32.8 Å². The number of carboxylic acid groups (broad SMARTS) is 1. The number of ether oxygens (including phenoxy) is 1. The molecule has 0 bridgehead atoms. The van der Waals surface area contributed by atoms with Crippen LogP contribution in [-0.4, -0.2) is 48.4 Å². The average molecular weight is 429 g/mol. The number of hydrogen-bond donors (Lipinski definition) is 4. The number of carboxylic acids is 1. The molecule has 1 aromatic carbocycles. The molecule has 0 aromatic heterocycles. The fourth-order valence-corrected chi connectivity index (χ4v) is 4.27. The predicted octanol–water partition coefficient (Wildman–Crippen LogP) is 0.130. The quantitative estimate of drug-likeness (QED) is 0.253. The maximum absolute atomic E-state index is 13.2. The molecule has 11 heteroatoms. The summed E-state index contributed by atoms with van der Waals surface area (Å²) >= 11 is 0. The van der Waals surface area contributed by atoms with E-state index >= 15 is 0 Å². The summed E-state index contributed by atoms with van der Waals surface area (Å²) in [4.78, 5) is 25.3. The molecule has 0 aliphatic carbocycles. The van der Waals surface area contributed by atoms with Gasteiger partial charge in [0, 0.05) is 6.54 Å². The van der Waals surface area contributed by atoms with E-state index in [4.69, 9.17) is 21.9 Å². The van der Waals surface area contributed by atoms with Gasteiger partial charge < -0.3 is 27.0 Å². The highest BCUT2D eigenvalue weighted by atomic mass is 32.2. The Morgan fingerprint density at radius 2 is 1.69 bits per heavy atom. The Balaban J connectivity index is 3.57. The molecule has 162 valence electrons. The molecule has 2 unspecified atom stereocenters. The van der Waals surface area contributed by atoms with E-state index in [-0.39, 0.29) is 23.8 Å². The zero-order chi connectivity index (χ0) is 22.6. The van der Waals surface area contributed by atoms with Gasteiger partial charge in [-0.2, -0.15) is 0 Å². The van der Waals surface area contributed by atoms with Crippen LogP contribution in [0.4, 0.5) is 0 Å². The Bertz CT molecular complexity index is 886. The normalized spacial score (nSPS) is 15.1. The molecular formula is C18H28N4O6S. The molecule has 0 aliphatic heterocycles. The van der Waals surface area contributed by atoms with Gasteiger partial charge in [0.2, 0.25) is 14.7 Å². The average Bonchev–Trinajstić information content (AvgIpc) is 2.56. The van der Waals surface area contributed by atoms with E-state index < -0.39 is 38.2 Å². The molecule has 0 aliphatic rings. The lowest BCUT2D eigenvalue weighted by Crippen LogP contribution is -2.62. The van der Waals surface area contributed by atoms with E-state index in [1.165, 1.54) is 24.3 Å². The molecule has 0 amide bonds. The van der Waals surface area contributed by atoms with Crippen LogP contribution in [0.3, 0.4) is 0 Å². The molecular weight excluding hydrogens is 400 g/mol. The number of esters is 1. The van der Waals surface area contributed by atoms with E-state index in [1.807, 2.05) is 0 Å². The number of sulfone groups is 1. The zero-order valence-corrected chi connectivity index (χ0v) is 17.7. The lowest BCUT2D eigenvalue weighted by atomic mass is 9.95. The van der Waals surface area contributed by atoms with Crippen LogP contribution in [0.5, 0.6) is 0 Å². The molecule has 0 saturated heterocycles. The van der Waals surface area contributed by atoms with E-state index in [0.29, 0.717) is 0 Å². The van der Waals surface area contributed by atoms with Crippen LogP contribution >= 0.6 is 0 Å². The van der Waals surface area contributed by atoms with Gasteiger partial charge >= 0.3 is 11.9 Å². The molecule has 1 rings (SSSR count). The summed E-state index contributed by atoms with van der Waals surface area (Å²) in [7, 11) is -4.70. The lowest BCUT2D eigenvalue weighted by molar-refractivity contribution is -0.165. The standard InChI is InChI=1S/C18H28N4O6S/c1-11-5-7-12(8-6-11)29(26,27)18(21,15(24)25)13(9-10-22-16(19)20)14(23)28-17(2,3)4/h5-8,13H,9-10,21H2,1-4H3,(H,24,25)(H4,19,20,22). The van der Waals surface area contributed by atoms with Crippen LogP contribution in [0.25, 0.3) is 0 Å². The number of aliphatic carboxylic acids is 1. The molecule has 0 saturated carbocycles. The van der Waals surface area contributed by atoms with Crippen molar-refractivity contribution < 1.29 is 27.9 Å². The van der Waals surface area contributed by atoms with E-state index in [0.717, 1.165) is 5.56 Å². The number of carbonyl (C=O) groups is 2. The summed E-state index contributed by atoms with van der Waals surface area (Å²) in [5, 5.41) is 9.81. The van der Waals surface area contributed by atoms with Gasteiger partial charge in [0.1, 0.15) is 11.5 Å². The van der Waals surface area contributed by atoms with Gasteiger partial charge in [0.25, 0.3) is 0 Å². The van der Waals surface area contributed by atoms with Gasteiger partial charge in [-0.05, 0) is 46.2 Å². The van der Waals surface area contributed by atoms with Crippen molar-refractivity contribution in [1.29, 1.82) is 0 Å². The van der Waals surface area contributed by atoms with Crippen LogP contribution in [-0.2, 0) is 24.2 Å². The van der Waals surface area contributed by atoms with Gasteiger partial charge in [0.15, 0.2) is 5.96 Å². The number of nitrogens with two attached hydrogens (primary N) is 3. The number of guanidine groups is 1. The highest BCUT2D eigenvalue weighted by Gasteiger charge is 2.58. The minimum Gasteiger partial charge on any atom is -0.479 e. The molecule has 1 aromatic rings. The Morgan fingerprint density at radius 1 is 1.17 bits per heavy atom. The first-order valence-electron chi connectivity index (χ1n) is 8.74. The third-order valence-electron chi connectivity index (χ3n) is 4.03. The summed E-state index contributed by atoms with van der Waals surface area (Å²) < 4.78 is 31.7. The van der Waals surface area contributed by atoms with Crippen LogP contribution in [0.2, 0.25) is 0 Å². The summed E-state index contributed by atoms with van der Waals surface area (Å²) in [6.45, 7) is 6.20. The molecule has 0 radical (unpaired) electrons. The molecule has 10 nitrogen and oxygen atoms in total. The Labute approximate surface area is 170 Å². The Morgan fingerprint density at radius 3 is 2.10 bits per heavy atom.